The van der Waals surface area contributed by atoms with Gasteiger partial charge in [-0.3, -0.25) is 9.59 Å². The average molecular weight is 172 g/mol. The molecular formula is C8H16N2O2. The van der Waals surface area contributed by atoms with E-state index in [0.717, 1.165) is 0 Å². The van der Waals surface area contributed by atoms with Gasteiger partial charge in [-0.1, -0.05) is 13.8 Å². The Morgan fingerprint density at radius 1 is 1.33 bits per heavy atom. The molecule has 4 heteroatoms. The maximum Gasteiger partial charge on any atom is 0.217 e. The molecule has 0 heterocycles. The fourth-order valence-electron chi connectivity index (χ4n) is 0.868. The Hall–Kier alpha value is -0.900. The second kappa shape index (κ2) is 4.87. The van der Waals surface area contributed by atoms with Gasteiger partial charge in [0.05, 0.1) is 6.04 Å². The van der Waals surface area contributed by atoms with Gasteiger partial charge in [0.15, 0.2) is 5.78 Å². The molecule has 0 rings (SSSR count). The fourth-order valence-corrected chi connectivity index (χ4v) is 0.868. The Bertz CT molecular complexity index is 178. The molecule has 4 nitrogen and oxygen atoms in total. The predicted octanol–water partition coefficient (Wildman–Crippen LogP) is -0.196. The zero-order valence-electron chi connectivity index (χ0n) is 7.54. The summed E-state index contributed by atoms with van der Waals surface area (Å²) in [5, 5.41) is 0. The predicted molar refractivity (Wildman–Crippen MR) is 46.2 cm³/mol. The average Bonchev–Trinajstić information content (AvgIpc) is 1.98. The minimum atomic E-state index is -0.544. The van der Waals surface area contributed by atoms with Crippen LogP contribution in [0.15, 0.2) is 0 Å². The first-order valence-corrected chi connectivity index (χ1v) is 4.02. The molecule has 12 heavy (non-hydrogen) atoms. The van der Waals surface area contributed by atoms with Crippen molar-refractivity contribution in [1.82, 2.24) is 0 Å². The minimum absolute atomic E-state index is 0.0174. The van der Waals surface area contributed by atoms with E-state index < -0.39 is 11.9 Å². The van der Waals surface area contributed by atoms with Crippen molar-refractivity contribution in [3.8, 4) is 0 Å². The van der Waals surface area contributed by atoms with E-state index >= 15 is 0 Å². The van der Waals surface area contributed by atoms with Gasteiger partial charge in [-0.25, -0.2) is 0 Å². The highest BCUT2D eigenvalue weighted by Gasteiger charge is 2.16. The first-order chi connectivity index (χ1) is 5.45. The molecule has 1 atom stereocenters. The molecule has 0 aromatic carbocycles. The number of hydrogen-bond acceptors (Lipinski definition) is 3. The van der Waals surface area contributed by atoms with Gasteiger partial charge in [0.1, 0.15) is 0 Å². The molecule has 0 aliphatic carbocycles. The first-order valence-electron chi connectivity index (χ1n) is 4.02. The van der Waals surface area contributed by atoms with Gasteiger partial charge >= 0.3 is 0 Å². The quantitative estimate of drug-likeness (QED) is 0.602. The third-order valence-corrected chi connectivity index (χ3v) is 1.64. The topological polar surface area (TPSA) is 86.2 Å². The highest BCUT2D eigenvalue weighted by atomic mass is 16.1. The highest BCUT2D eigenvalue weighted by molar-refractivity contribution is 5.86. The molecule has 0 spiro atoms. The number of primary amides is 1. The van der Waals surface area contributed by atoms with E-state index in [1.54, 1.807) is 13.8 Å². The summed E-state index contributed by atoms with van der Waals surface area (Å²) in [6, 6.07) is -0.544. The van der Waals surface area contributed by atoms with Crippen LogP contribution in [0.4, 0.5) is 0 Å². The number of hydrogen-bond donors (Lipinski definition) is 2. The molecule has 0 bridgehead atoms. The van der Waals surface area contributed by atoms with Crippen LogP contribution in [0, 0.1) is 5.92 Å². The molecule has 70 valence electrons. The summed E-state index contributed by atoms with van der Waals surface area (Å²) in [6.07, 6.45) is 0.534. The summed E-state index contributed by atoms with van der Waals surface area (Å²) in [5.74, 6) is -0.508. The van der Waals surface area contributed by atoms with Gasteiger partial charge in [0, 0.05) is 12.3 Å². The van der Waals surface area contributed by atoms with Gasteiger partial charge < -0.3 is 11.5 Å². The van der Waals surface area contributed by atoms with Crippen LogP contribution in [-0.2, 0) is 9.59 Å². The van der Waals surface area contributed by atoms with Crippen LogP contribution in [0.5, 0.6) is 0 Å². The zero-order chi connectivity index (χ0) is 9.72. The van der Waals surface area contributed by atoms with Crippen molar-refractivity contribution >= 4 is 11.7 Å². The van der Waals surface area contributed by atoms with E-state index in [-0.39, 0.29) is 18.1 Å². The van der Waals surface area contributed by atoms with E-state index in [1.165, 1.54) is 0 Å². The van der Waals surface area contributed by atoms with Crippen LogP contribution >= 0.6 is 0 Å². The Morgan fingerprint density at radius 2 is 1.83 bits per heavy atom. The van der Waals surface area contributed by atoms with Crippen molar-refractivity contribution in [2.75, 3.05) is 0 Å². The monoisotopic (exact) mass is 172 g/mol. The third-order valence-electron chi connectivity index (χ3n) is 1.64. The molecule has 4 N–H and O–H groups in total. The zero-order valence-corrected chi connectivity index (χ0v) is 7.54. The van der Waals surface area contributed by atoms with Crippen LogP contribution in [0.1, 0.15) is 26.7 Å². The largest absolute Gasteiger partial charge is 0.370 e. The van der Waals surface area contributed by atoms with E-state index in [1.807, 2.05) is 0 Å². The van der Waals surface area contributed by atoms with Crippen LogP contribution in [-0.4, -0.2) is 17.7 Å². The molecule has 0 aromatic heterocycles. The number of Topliss-reactive ketones (excluding diaryl/α,β-unsaturated/α-hetero) is 1. The lowest BCUT2D eigenvalue weighted by Crippen LogP contribution is -2.34. The van der Waals surface area contributed by atoms with Crippen LogP contribution in [0.2, 0.25) is 0 Å². The van der Waals surface area contributed by atoms with Crippen LogP contribution in [0.25, 0.3) is 0 Å². The van der Waals surface area contributed by atoms with Crippen molar-refractivity contribution in [1.29, 1.82) is 0 Å². The van der Waals surface area contributed by atoms with Crippen LogP contribution in [0.3, 0.4) is 0 Å². The van der Waals surface area contributed by atoms with Crippen LogP contribution < -0.4 is 11.5 Å². The Kier molecular flexibility index (Phi) is 4.51. The SMILES string of the molecule is CC(C)C(=O)[C@@H](N)CCC(N)=O. The summed E-state index contributed by atoms with van der Waals surface area (Å²) in [4.78, 5) is 21.5. The molecule has 0 fully saturated rings. The van der Waals surface area contributed by atoms with Gasteiger partial charge in [0.2, 0.25) is 5.91 Å². The highest BCUT2D eigenvalue weighted by Crippen LogP contribution is 2.02. The molecule has 1 amide bonds. The molecule has 0 saturated heterocycles. The van der Waals surface area contributed by atoms with Gasteiger partial charge in [-0.2, -0.15) is 0 Å². The smallest absolute Gasteiger partial charge is 0.217 e. The fraction of sp³-hybridized carbons (Fsp3) is 0.750. The maximum absolute atomic E-state index is 11.2. The van der Waals surface area contributed by atoms with Crippen molar-refractivity contribution in [2.45, 2.75) is 32.7 Å². The lowest BCUT2D eigenvalue weighted by atomic mass is 9.99. The second-order valence-electron chi connectivity index (χ2n) is 3.17. The molecule has 0 radical (unpaired) electrons. The number of ketones is 1. The van der Waals surface area contributed by atoms with E-state index in [9.17, 15) is 9.59 Å². The first kappa shape index (κ1) is 11.1. The molecule has 0 aliphatic rings. The normalized spacial score (nSPS) is 13.0. The Morgan fingerprint density at radius 3 is 2.17 bits per heavy atom. The summed E-state index contributed by atoms with van der Waals surface area (Å²) in [7, 11) is 0. The molecular weight excluding hydrogens is 156 g/mol. The number of rotatable bonds is 5. The van der Waals surface area contributed by atoms with Gasteiger partial charge in [-0.05, 0) is 6.42 Å². The van der Waals surface area contributed by atoms with Crippen molar-refractivity contribution in [3.63, 3.8) is 0 Å². The third kappa shape index (κ3) is 4.08. The minimum Gasteiger partial charge on any atom is -0.370 e. The molecule has 0 saturated carbocycles. The Balaban J connectivity index is 3.79. The molecule has 0 aliphatic heterocycles. The lowest BCUT2D eigenvalue weighted by Gasteiger charge is -2.11. The van der Waals surface area contributed by atoms with Gasteiger partial charge in [-0.15, -0.1) is 0 Å². The van der Waals surface area contributed by atoms with E-state index in [2.05, 4.69) is 0 Å². The number of nitrogens with two attached hydrogens (primary N) is 2. The lowest BCUT2D eigenvalue weighted by molar-refractivity contribution is -0.123. The number of carbonyl (C=O) groups excluding carboxylic acids is 2. The van der Waals surface area contributed by atoms with E-state index in [0.29, 0.717) is 6.42 Å². The molecule has 0 unspecified atom stereocenters. The standard InChI is InChI=1S/C8H16N2O2/c1-5(2)8(12)6(9)3-4-7(10)11/h5-6H,3-4,9H2,1-2H3,(H2,10,11)/t6-/m0/s1. The van der Waals surface area contributed by atoms with Crippen molar-refractivity contribution in [2.24, 2.45) is 17.4 Å². The summed E-state index contributed by atoms with van der Waals surface area (Å²) < 4.78 is 0. The Labute approximate surface area is 72.3 Å². The number of amides is 1. The summed E-state index contributed by atoms with van der Waals surface area (Å²) in [6.45, 7) is 3.57. The van der Waals surface area contributed by atoms with Crippen molar-refractivity contribution < 1.29 is 9.59 Å². The molecule has 0 aromatic rings. The number of carbonyl (C=O) groups is 2. The van der Waals surface area contributed by atoms with Gasteiger partial charge in [0.25, 0.3) is 0 Å². The van der Waals surface area contributed by atoms with Crippen molar-refractivity contribution in [3.05, 3.63) is 0 Å². The summed E-state index contributed by atoms with van der Waals surface area (Å²) in [5.41, 5.74) is 10.4. The second-order valence-corrected chi connectivity index (χ2v) is 3.17. The maximum atomic E-state index is 11.2. The van der Waals surface area contributed by atoms with E-state index in [4.69, 9.17) is 11.5 Å². The summed E-state index contributed by atoms with van der Waals surface area (Å²) >= 11 is 0.